The summed E-state index contributed by atoms with van der Waals surface area (Å²) in [6.45, 7) is 0. The number of nitrogens with two attached hydrogens (primary N) is 2. The van der Waals surface area contributed by atoms with E-state index in [4.69, 9.17) is 27.8 Å². The van der Waals surface area contributed by atoms with E-state index in [1.54, 1.807) is 42.5 Å². The second-order valence-electron chi connectivity index (χ2n) is 6.81. The highest BCUT2D eigenvalue weighted by atomic mass is 35.5. The Balaban J connectivity index is 1.94. The number of fused-ring (bicyclic) bond motifs is 1. The third kappa shape index (κ3) is 3.57. The van der Waals surface area contributed by atoms with Crippen molar-refractivity contribution in [2.45, 2.75) is 0 Å². The van der Waals surface area contributed by atoms with Crippen molar-refractivity contribution in [2.24, 2.45) is 11.5 Å². The number of ether oxygens (including phenoxy) is 1. The number of esters is 1. The smallest absolute Gasteiger partial charge is 0.343 e. The molecule has 0 aliphatic carbocycles. The summed E-state index contributed by atoms with van der Waals surface area (Å²) in [5, 5.41) is -0.0716. The zero-order valence-electron chi connectivity index (χ0n) is 16.3. The Morgan fingerprint density at radius 2 is 1.62 bits per heavy atom. The molecule has 2 amide bonds. The van der Waals surface area contributed by atoms with E-state index in [0.29, 0.717) is 16.5 Å². The molecule has 1 heterocycles. The minimum Gasteiger partial charge on any atom is -0.422 e. The highest BCUT2D eigenvalue weighted by Crippen LogP contribution is 2.41. The van der Waals surface area contributed by atoms with Gasteiger partial charge in [0.1, 0.15) is 5.75 Å². The van der Waals surface area contributed by atoms with E-state index in [1.165, 1.54) is 24.4 Å². The van der Waals surface area contributed by atoms with Crippen LogP contribution in [-0.2, 0) is 0 Å². The van der Waals surface area contributed by atoms with Gasteiger partial charge in [0.05, 0.1) is 27.1 Å². The van der Waals surface area contributed by atoms with Gasteiger partial charge < -0.3 is 16.2 Å². The summed E-state index contributed by atoms with van der Waals surface area (Å²) in [6.07, 6.45) is 1.36. The maximum Gasteiger partial charge on any atom is 0.343 e. The summed E-state index contributed by atoms with van der Waals surface area (Å²) in [5.41, 5.74) is 11.4. The molecule has 0 bridgehead atoms. The molecule has 0 saturated heterocycles. The van der Waals surface area contributed by atoms with Crippen LogP contribution in [-0.4, -0.2) is 22.5 Å². The number of hydrogen-bond acceptors (Lipinski definition) is 4. The molecule has 4 rings (SSSR count). The molecule has 1 aromatic heterocycles. The monoisotopic (exact) mass is 451 g/mol. The molecule has 0 aliphatic heterocycles. The van der Waals surface area contributed by atoms with Crippen LogP contribution in [0.2, 0.25) is 5.02 Å². The molecule has 0 spiro atoms. The predicted octanol–water partition coefficient (Wildman–Crippen LogP) is 4.35. The normalized spacial score (nSPS) is 10.8. The van der Waals surface area contributed by atoms with Gasteiger partial charge in [0, 0.05) is 17.3 Å². The van der Waals surface area contributed by atoms with Crippen molar-refractivity contribution in [2.75, 3.05) is 0 Å². The Hall–Kier alpha value is -4.17. The molecular weight excluding hydrogens is 437 g/mol. The van der Waals surface area contributed by atoms with Crippen LogP contribution in [0.1, 0.15) is 20.7 Å². The summed E-state index contributed by atoms with van der Waals surface area (Å²) in [7, 11) is 0. The molecule has 0 radical (unpaired) electrons. The van der Waals surface area contributed by atoms with Crippen LogP contribution in [0.15, 0.2) is 66.9 Å². The average molecular weight is 452 g/mol. The van der Waals surface area contributed by atoms with Gasteiger partial charge in [-0.15, -0.1) is 0 Å². The fourth-order valence-corrected chi connectivity index (χ4v) is 3.67. The van der Waals surface area contributed by atoms with Gasteiger partial charge in [-0.25, -0.2) is 14.0 Å². The van der Waals surface area contributed by atoms with Crippen LogP contribution in [0.5, 0.6) is 5.75 Å². The number of benzene rings is 3. The fraction of sp³-hybridized carbons (Fsp3) is 0. The van der Waals surface area contributed by atoms with E-state index in [-0.39, 0.29) is 27.5 Å². The Bertz CT molecular complexity index is 1400. The van der Waals surface area contributed by atoms with Gasteiger partial charge in [-0.1, -0.05) is 41.9 Å². The first kappa shape index (κ1) is 21.1. The van der Waals surface area contributed by atoms with E-state index in [0.717, 1.165) is 4.57 Å². The lowest BCUT2D eigenvalue weighted by Crippen LogP contribution is -2.18. The van der Waals surface area contributed by atoms with Crippen molar-refractivity contribution >= 4 is 40.4 Å². The molecule has 0 aliphatic rings. The van der Waals surface area contributed by atoms with E-state index in [2.05, 4.69) is 0 Å². The molecule has 160 valence electrons. The van der Waals surface area contributed by atoms with Crippen molar-refractivity contribution < 1.29 is 23.5 Å². The van der Waals surface area contributed by atoms with E-state index in [1.807, 2.05) is 0 Å². The van der Waals surface area contributed by atoms with Crippen LogP contribution in [0.3, 0.4) is 0 Å². The molecule has 4 N–H and O–H groups in total. The van der Waals surface area contributed by atoms with Crippen LogP contribution in [0.4, 0.5) is 9.18 Å². The minimum atomic E-state index is -1.00. The molecular formula is C23H15ClFN3O4. The van der Waals surface area contributed by atoms with Gasteiger partial charge in [0.2, 0.25) is 0 Å². The molecule has 0 saturated carbocycles. The first-order chi connectivity index (χ1) is 15.3. The summed E-state index contributed by atoms with van der Waals surface area (Å²) >= 11 is 6.20. The van der Waals surface area contributed by atoms with Crippen molar-refractivity contribution in [3.8, 4) is 16.9 Å². The average Bonchev–Trinajstić information content (AvgIpc) is 3.17. The van der Waals surface area contributed by atoms with Crippen molar-refractivity contribution in [3.05, 3.63) is 88.8 Å². The van der Waals surface area contributed by atoms with Crippen LogP contribution in [0.25, 0.3) is 22.0 Å². The van der Waals surface area contributed by atoms with Gasteiger partial charge in [-0.2, -0.15) is 0 Å². The quantitative estimate of drug-likeness (QED) is 0.354. The number of amides is 2. The third-order valence-corrected chi connectivity index (χ3v) is 5.25. The van der Waals surface area contributed by atoms with Gasteiger partial charge in [0.15, 0.2) is 5.82 Å². The van der Waals surface area contributed by atoms with Crippen LogP contribution < -0.4 is 16.2 Å². The van der Waals surface area contributed by atoms with Crippen LogP contribution in [0, 0.1) is 5.82 Å². The Labute approximate surface area is 185 Å². The van der Waals surface area contributed by atoms with Crippen molar-refractivity contribution in [1.29, 1.82) is 0 Å². The molecule has 0 atom stereocenters. The molecule has 3 aromatic carbocycles. The molecule has 0 fully saturated rings. The Kier molecular flexibility index (Phi) is 5.38. The van der Waals surface area contributed by atoms with Gasteiger partial charge in [-0.3, -0.25) is 9.36 Å². The molecule has 32 heavy (non-hydrogen) atoms. The molecule has 7 nitrogen and oxygen atoms in total. The number of aromatic nitrogens is 1. The highest BCUT2D eigenvalue weighted by Gasteiger charge is 2.23. The second-order valence-corrected chi connectivity index (χ2v) is 7.19. The van der Waals surface area contributed by atoms with Gasteiger partial charge in [-0.05, 0) is 30.3 Å². The summed E-state index contributed by atoms with van der Waals surface area (Å²) < 4.78 is 21.4. The summed E-state index contributed by atoms with van der Waals surface area (Å²) in [6, 6.07) is 14.8. The number of carbonyl (C=O) groups is 3. The van der Waals surface area contributed by atoms with Crippen molar-refractivity contribution in [1.82, 2.24) is 4.57 Å². The third-order valence-electron chi connectivity index (χ3n) is 4.88. The lowest BCUT2D eigenvalue weighted by molar-refractivity contribution is 0.0737. The number of primary amides is 2. The molecule has 4 aromatic rings. The predicted molar refractivity (Wildman–Crippen MR) is 117 cm³/mol. The number of halogens is 2. The lowest BCUT2D eigenvalue weighted by Gasteiger charge is -2.10. The van der Waals surface area contributed by atoms with E-state index in [9.17, 15) is 18.8 Å². The second kappa shape index (κ2) is 8.16. The maximum atomic E-state index is 14.7. The van der Waals surface area contributed by atoms with Gasteiger partial charge in [0.25, 0.3) is 5.91 Å². The number of carbonyl (C=O) groups excluding carboxylic acids is 3. The SMILES string of the molecule is NC(=O)c1ccc(-c2cn(C(N)=O)c3cccc(OC(=O)c4ccccc4)c23)c(Cl)c1F. The van der Waals surface area contributed by atoms with Crippen molar-refractivity contribution in [3.63, 3.8) is 0 Å². The zero-order valence-corrected chi connectivity index (χ0v) is 17.1. The van der Waals surface area contributed by atoms with E-state index >= 15 is 0 Å². The Morgan fingerprint density at radius 1 is 0.906 bits per heavy atom. The maximum absolute atomic E-state index is 14.7. The number of nitrogens with zero attached hydrogens (tertiary/aromatic N) is 1. The largest absolute Gasteiger partial charge is 0.422 e. The molecule has 9 heteroatoms. The van der Waals surface area contributed by atoms with Crippen LogP contribution >= 0.6 is 11.6 Å². The lowest BCUT2D eigenvalue weighted by atomic mass is 10.0. The zero-order chi connectivity index (χ0) is 23.0. The highest BCUT2D eigenvalue weighted by molar-refractivity contribution is 6.34. The number of rotatable bonds is 4. The summed E-state index contributed by atoms with van der Waals surface area (Å²) in [5.74, 6) is -2.50. The first-order valence-electron chi connectivity index (χ1n) is 9.29. The fourth-order valence-electron chi connectivity index (χ4n) is 3.41. The first-order valence-corrected chi connectivity index (χ1v) is 9.66. The number of hydrogen-bond donors (Lipinski definition) is 2. The molecule has 0 unspecified atom stereocenters. The Morgan fingerprint density at radius 3 is 2.28 bits per heavy atom. The van der Waals surface area contributed by atoms with Gasteiger partial charge >= 0.3 is 12.0 Å². The topological polar surface area (TPSA) is 117 Å². The summed E-state index contributed by atoms with van der Waals surface area (Å²) in [4.78, 5) is 36.1. The minimum absolute atomic E-state index is 0.113. The standard InChI is InChI=1S/C23H15ClFN3O4/c24-19-13(9-10-14(20(19)25)21(26)29)15-11-28(23(27)31)16-7-4-8-17(18(15)16)32-22(30)12-5-2-1-3-6-12/h1-11H,(H2,26,29)(H2,27,31). The van der Waals surface area contributed by atoms with E-state index < -0.39 is 23.7 Å².